The number of aromatic amines is 1. The number of fused-ring (bicyclic) bond motifs is 1. The molecule has 0 aliphatic heterocycles. The molecule has 0 aliphatic carbocycles. The fourth-order valence-electron chi connectivity index (χ4n) is 3.54. The molecule has 0 saturated carbocycles. The van der Waals surface area contributed by atoms with Crippen molar-refractivity contribution in [3.63, 3.8) is 0 Å². The third-order valence-electron chi connectivity index (χ3n) is 5.01. The average Bonchev–Trinajstić information content (AvgIpc) is 3.11. The van der Waals surface area contributed by atoms with E-state index in [1.54, 1.807) is 10.8 Å². The molecule has 2 aromatic carbocycles. The first-order valence-electron chi connectivity index (χ1n) is 10.3. The van der Waals surface area contributed by atoms with E-state index >= 15 is 0 Å². The highest BCUT2D eigenvalue weighted by Crippen LogP contribution is 2.27. The van der Waals surface area contributed by atoms with Crippen LogP contribution in [0.15, 0.2) is 59.5 Å². The smallest absolute Gasteiger partial charge is 0.328 e. The van der Waals surface area contributed by atoms with E-state index in [1.165, 1.54) is 5.56 Å². The topological polar surface area (TPSA) is 99.5 Å². The lowest BCUT2D eigenvalue weighted by Gasteiger charge is -2.11. The van der Waals surface area contributed by atoms with Gasteiger partial charge in [0.05, 0.1) is 12.7 Å². The van der Waals surface area contributed by atoms with Gasteiger partial charge in [0.25, 0.3) is 0 Å². The maximum atomic E-state index is 12.6. The van der Waals surface area contributed by atoms with Gasteiger partial charge in [-0.2, -0.15) is 0 Å². The highest BCUT2D eigenvalue weighted by atomic mass is 16.1. The second kappa shape index (κ2) is 9.84. The minimum absolute atomic E-state index is 0. The summed E-state index contributed by atoms with van der Waals surface area (Å²) in [6, 6.07) is 16.3. The summed E-state index contributed by atoms with van der Waals surface area (Å²) in [5.41, 5.74) is 5.38. The maximum absolute atomic E-state index is 12.6. The van der Waals surface area contributed by atoms with Crippen LogP contribution < -0.4 is 11.0 Å². The second-order valence-electron chi connectivity index (χ2n) is 7.42. The largest absolute Gasteiger partial charge is 0.385 e. The van der Waals surface area contributed by atoms with Gasteiger partial charge in [0, 0.05) is 19.2 Å². The Morgan fingerprint density at radius 3 is 2.55 bits per heavy atom. The lowest BCUT2D eigenvalue weighted by molar-refractivity contribution is 0.777. The number of nitrogens with zero attached hydrogens (tertiary/aromatic N) is 3. The third kappa shape index (κ3) is 4.71. The predicted octanol–water partition coefficient (Wildman–Crippen LogP) is 4.90. The van der Waals surface area contributed by atoms with Crippen LogP contribution in [-0.4, -0.2) is 32.8 Å². The first kappa shape index (κ1) is 22.0. The molecule has 0 saturated heterocycles. The summed E-state index contributed by atoms with van der Waals surface area (Å²) in [5.74, 6) is 0.992. The number of anilines is 1. The molecule has 2 heterocycles. The summed E-state index contributed by atoms with van der Waals surface area (Å²) in [4.78, 5) is 24.7. The van der Waals surface area contributed by atoms with Gasteiger partial charge in [-0.25, -0.2) is 14.8 Å². The van der Waals surface area contributed by atoms with Crippen LogP contribution in [0.25, 0.3) is 22.6 Å². The summed E-state index contributed by atoms with van der Waals surface area (Å²) in [5, 5.41) is 8.78. The molecule has 2 aromatic heterocycles. The molecule has 0 aliphatic rings. The molecule has 3 N–H and O–H groups in total. The van der Waals surface area contributed by atoms with E-state index in [9.17, 15) is 4.79 Å². The Balaban J connectivity index is 0.00000118. The first-order valence-corrected chi connectivity index (χ1v) is 10.3. The van der Waals surface area contributed by atoms with Crippen molar-refractivity contribution in [2.45, 2.75) is 33.2 Å². The Morgan fingerprint density at radius 1 is 1.16 bits per heavy atom. The molecule has 0 radical (unpaired) electrons. The molecule has 7 heteroatoms. The summed E-state index contributed by atoms with van der Waals surface area (Å²) < 4.78 is 1.67. The molecule has 4 aromatic rings. The zero-order valence-electron chi connectivity index (χ0n) is 18.1. The molecule has 0 bridgehead atoms. The molecular formula is C24H30N6O. The Labute approximate surface area is 183 Å². The fourth-order valence-corrected chi connectivity index (χ4v) is 3.54. The van der Waals surface area contributed by atoms with E-state index in [0.717, 1.165) is 23.4 Å². The molecule has 31 heavy (non-hydrogen) atoms. The maximum Gasteiger partial charge on any atom is 0.328 e. The monoisotopic (exact) mass is 418 g/mol. The summed E-state index contributed by atoms with van der Waals surface area (Å²) >= 11 is 0. The lowest BCUT2D eigenvalue weighted by Crippen LogP contribution is -2.17. The summed E-state index contributed by atoms with van der Waals surface area (Å²) in [6.45, 7) is 10.2. The normalized spacial score (nSPS) is 10.7. The third-order valence-corrected chi connectivity index (χ3v) is 5.01. The van der Waals surface area contributed by atoms with Crippen LogP contribution in [0.5, 0.6) is 0 Å². The number of hydrogen-bond donors (Lipinski definition) is 3. The van der Waals surface area contributed by atoms with Crippen LogP contribution in [0.4, 0.5) is 5.69 Å². The van der Waals surface area contributed by atoms with Crippen LogP contribution in [0, 0.1) is 5.41 Å². The molecule has 7 nitrogen and oxygen atoms in total. The van der Waals surface area contributed by atoms with Crippen LogP contribution in [0.3, 0.4) is 0 Å². The predicted molar refractivity (Wildman–Crippen MR) is 129 cm³/mol. The van der Waals surface area contributed by atoms with Crippen molar-refractivity contribution in [3.8, 4) is 11.4 Å². The molecule has 0 amide bonds. The van der Waals surface area contributed by atoms with Gasteiger partial charge in [-0.15, -0.1) is 0 Å². The van der Waals surface area contributed by atoms with Gasteiger partial charge in [0.1, 0.15) is 5.52 Å². The van der Waals surface area contributed by atoms with Crippen LogP contribution >= 0.6 is 0 Å². The van der Waals surface area contributed by atoms with Gasteiger partial charge in [0.2, 0.25) is 0 Å². The number of rotatable bonds is 6. The Hall–Kier alpha value is -3.74. The van der Waals surface area contributed by atoms with Crippen molar-refractivity contribution in [1.29, 1.82) is 5.41 Å². The number of nitrogens with one attached hydrogen (secondary N) is 3. The lowest BCUT2D eigenvalue weighted by atomic mass is 9.97. The molecule has 162 valence electrons. The van der Waals surface area contributed by atoms with Gasteiger partial charge in [-0.05, 0) is 42.8 Å². The van der Waals surface area contributed by atoms with Crippen molar-refractivity contribution in [2.75, 3.05) is 11.9 Å². The Kier molecular flexibility index (Phi) is 6.97. The van der Waals surface area contributed by atoms with Crippen LogP contribution in [0.2, 0.25) is 0 Å². The Bertz CT molecular complexity index is 1210. The van der Waals surface area contributed by atoms with Crippen molar-refractivity contribution in [1.82, 2.24) is 19.5 Å². The minimum Gasteiger partial charge on any atom is -0.385 e. The first-order chi connectivity index (χ1) is 15.1. The number of benzene rings is 2. The van der Waals surface area contributed by atoms with Gasteiger partial charge in [-0.3, -0.25) is 4.57 Å². The zero-order chi connectivity index (χ0) is 22.4. The average molecular weight is 419 g/mol. The zero-order valence-corrected chi connectivity index (χ0v) is 18.1. The SMILES string of the molecule is C=N.CCNc1ccc(Cn2c(=O)[nH]c3cnc(-c4ccccc4C(C)C)nc32)cc1.[HH]. The molecule has 0 atom stereocenters. The van der Waals surface area contributed by atoms with Gasteiger partial charge >= 0.3 is 5.69 Å². The van der Waals surface area contributed by atoms with E-state index in [0.29, 0.717) is 29.5 Å². The van der Waals surface area contributed by atoms with Crippen molar-refractivity contribution >= 4 is 23.6 Å². The second-order valence-corrected chi connectivity index (χ2v) is 7.42. The number of hydrogen-bond acceptors (Lipinski definition) is 5. The minimum atomic E-state index is -0.181. The van der Waals surface area contributed by atoms with Crippen molar-refractivity contribution in [3.05, 3.63) is 76.3 Å². The van der Waals surface area contributed by atoms with E-state index in [4.69, 9.17) is 10.4 Å². The van der Waals surface area contributed by atoms with Gasteiger partial charge in [-0.1, -0.05) is 50.2 Å². The molecular weight excluding hydrogens is 388 g/mol. The van der Waals surface area contributed by atoms with Gasteiger partial charge in [0.15, 0.2) is 11.5 Å². The highest BCUT2D eigenvalue weighted by Gasteiger charge is 2.14. The highest BCUT2D eigenvalue weighted by molar-refractivity contribution is 5.73. The Morgan fingerprint density at radius 2 is 1.87 bits per heavy atom. The van der Waals surface area contributed by atoms with E-state index in [-0.39, 0.29) is 7.12 Å². The van der Waals surface area contributed by atoms with E-state index < -0.39 is 0 Å². The summed E-state index contributed by atoms with van der Waals surface area (Å²) in [6.07, 6.45) is 1.70. The van der Waals surface area contributed by atoms with Crippen LogP contribution in [0.1, 0.15) is 39.2 Å². The number of aromatic nitrogens is 4. The molecule has 0 unspecified atom stereocenters. The molecule has 0 fully saturated rings. The quantitative estimate of drug-likeness (QED) is 0.388. The van der Waals surface area contributed by atoms with Crippen LogP contribution in [-0.2, 0) is 6.54 Å². The molecule has 4 rings (SSSR count). The fraction of sp³-hybridized carbons (Fsp3) is 0.250. The van der Waals surface area contributed by atoms with Crippen molar-refractivity contribution < 1.29 is 1.43 Å². The van der Waals surface area contributed by atoms with Gasteiger partial charge < -0.3 is 15.7 Å². The van der Waals surface area contributed by atoms with E-state index in [1.807, 2.05) is 42.5 Å². The summed E-state index contributed by atoms with van der Waals surface area (Å²) in [7, 11) is 0. The van der Waals surface area contributed by atoms with Crippen molar-refractivity contribution in [2.24, 2.45) is 0 Å². The van der Waals surface area contributed by atoms with E-state index in [2.05, 4.69) is 48.8 Å². The number of H-pyrrole nitrogens is 1. The molecule has 0 spiro atoms. The number of imidazole rings is 1. The standard InChI is InChI=1S/C23H25N5O.CH3N.H2/c1-4-24-17-11-9-16(10-12-17)14-28-22-20(26-23(28)29)13-25-21(27-22)19-8-6-5-7-18(19)15(2)3;1-2;/h5-13,15,24H,4,14H2,1-3H3,(H,26,29);2H,1H2;1H.